The van der Waals surface area contributed by atoms with Crippen molar-refractivity contribution in [3.8, 4) is 0 Å². The molecule has 1 aromatic heterocycles. The van der Waals surface area contributed by atoms with Gasteiger partial charge in [0, 0.05) is 31.0 Å². The average molecular weight is 320 g/mol. The van der Waals surface area contributed by atoms with E-state index in [9.17, 15) is 4.79 Å². The van der Waals surface area contributed by atoms with E-state index in [0.717, 1.165) is 37.9 Å². The van der Waals surface area contributed by atoms with Gasteiger partial charge in [0.25, 0.3) is 0 Å². The van der Waals surface area contributed by atoms with Gasteiger partial charge in [-0.05, 0) is 46.1 Å². The maximum Gasteiger partial charge on any atom is 0.410 e. The average Bonchev–Trinajstić information content (AvgIpc) is 2.46. The van der Waals surface area contributed by atoms with Gasteiger partial charge >= 0.3 is 6.09 Å². The molecule has 1 aliphatic heterocycles. The van der Waals surface area contributed by atoms with Gasteiger partial charge in [-0.3, -0.25) is 0 Å². The summed E-state index contributed by atoms with van der Waals surface area (Å²) in [5, 5.41) is 3.36. The van der Waals surface area contributed by atoms with Gasteiger partial charge in [-0.1, -0.05) is 13.3 Å². The van der Waals surface area contributed by atoms with Crippen LogP contribution in [0.3, 0.4) is 0 Å². The maximum atomic E-state index is 12.2. The van der Waals surface area contributed by atoms with Crippen LogP contribution in [0, 0.1) is 0 Å². The summed E-state index contributed by atoms with van der Waals surface area (Å²) in [5.74, 6) is 0.645. The number of hydrogen-bond acceptors (Lipinski definition) is 5. The molecule has 1 aliphatic rings. The normalized spacial score (nSPS) is 18.6. The van der Waals surface area contributed by atoms with Gasteiger partial charge in [0.15, 0.2) is 0 Å². The third kappa shape index (κ3) is 5.69. The van der Waals surface area contributed by atoms with E-state index < -0.39 is 5.60 Å². The quantitative estimate of drug-likeness (QED) is 0.922. The first-order valence-corrected chi connectivity index (χ1v) is 8.44. The number of aromatic nitrogens is 2. The maximum absolute atomic E-state index is 12.2. The Morgan fingerprint density at radius 3 is 2.96 bits per heavy atom. The van der Waals surface area contributed by atoms with Gasteiger partial charge in [0.2, 0.25) is 5.95 Å². The second kappa shape index (κ2) is 7.62. The van der Waals surface area contributed by atoms with Crippen molar-refractivity contribution in [2.24, 2.45) is 0 Å². The lowest BCUT2D eigenvalue weighted by Gasteiger charge is -2.34. The highest BCUT2D eigenvalue weighted by atomic mass is 16.6. The van der Waals surface area contributed by atoms with Crippen LogP contribution in [-0.4, -0.2) is 45.7 Å². The van der Waals surface area contributed by atoms with Crippen molar-refractivity contribution in [1.82, 2.24) is 14.9 Å². The molecule has 6 heteroatoms. The molecule has 0 radical (unpaired) electrons. The van der Waals surface area contributed by atoms with Gasteiger partial charge in [-0.15, -0.1) is 0 Å². The second-order valence-electron chi connectivity index (χ2n) is 7.03. The Bertz CT molecular complexity index is 528. The smallest absolute Gasteiger partial charge is 0.410 e. The standard InChI is InChI=1S/C17H28N4O2/c1-5-7-13-9-10-18-15(19-13)20-14-8-6-11-21(12-14)16(22)23-17(2,3)4/h9-10,14H,5-8,11-12H2,1-4H3,(H,18,19,20). The predicted octanol–water partition coefficient (Wildman–Crippen LogP) is 3.24. The van der Waals surface area contributed by atoms with Crippen molar-refractivity contribution < 1.29 is 9.53 Å². The van der Waals surface area contributed by atoms with E-state index in [0.29, 0.717) is 12.5 Å². The Labute approximate surface area is 138 Å². The molecule has 2 heterocycles. The molecule has 1 saturated heterocycles. The summed E-state index contributed by atoms with van der Waals surface area (Å²) in [6, 6.07) is 2.11. The topological polar surface area (TPSA) is 67.4 Å². The van der Waals surface area contributed by atoms with E-state index >= 15 is 0 Å². The number of nitrogens with zero attached hydrogens (tertiary/aromatic N) is 3. The molecule has 128 valence electrons. The summed E-state index contributed by atoms with van der Waals surface area (Å²) in [6.07, 6.45) is 5.50. The number of aryl methyl sites for hydroxylation is 1. The zero-order chi connectivity index (χ0) is 16.9. The molecule has 0 aliphatic carbocycles. The van der Waals surface area contributed by atoms with Crippen LogP contribution >= 0.6 is 0 Å². The summed E-state index contributed by atoms with van der Waals surface area (Å²) >= 11 is 0. The van der Waals surface area contributed by atoms with Crippen molar-refractivity contribution in [3.05, 3.63) is 18.0 Å². The number of hydrogen-bond donors (Lipinski definition) is 1. The van der Waals surface area contributed by atoms with Crippen LogP contribution in [0.2, 0.25) is 0 Å². The molecule has 1 amide bonds. The zero-order valence-electron chi connectivity index (χ0n) is 14.6. The number of ether oxygens (including phenoxy) is 1. The van der Waals surface area contributed by atoms with Crippen molar-refractivity contribution in [1.29, 1.82) is 0 Å². The molecule has 2 rings (SSSR count). The molecule has 0 spiro atoms. The van der Waals surface area contributed by atoms with Crippen molar-refractivity contribution >= 4 is 12.0 Å². The number of likely N-dealkylation sites (tertiary alicyclic amines) is 1. The number of piperidine rings is 1. The van der Waals surface area contributed by atoms with Crippen LogP contribution in [0.1, 0.15) is 52.7 Å². The first kappa shape index (κ1) is 17.5. The Hall–Kier alpha value is -1.85. The predicted molar refractivity (Wildman–Crippen MR) is 90.5 cm³/mol. The van der Waals surface area contributed by atoms with Gasteiger partial charge in [0.05, 0.1) is 0 Å². The van der Waals surface area contributed by atoms with Crippen molar-refractivity contribution in [3.63, 3.8) is 0 Å². The summed E-state index contributed by atoms with van der Waals surface area (Å²) in [6.45, 7) is 9.15. The van der Waals surface area contributed by atoms with Crippen LogP contribution in [-0.2, 0) is 11.2 Å². The van der Waals surface area contributed by atoms with E-state index in [1.807, 2.05) is 26.8 Å². The largest absolute Gasteiger partial charge is 0.444 e. The molecule has 1 N–H and O–H groups in total. The number of nitrogens with one attached hydrogen (secondary N) is 1. The van der Waals surface area contributed by atoms with Crippen molar-refractivity contribution in [2.75, 3.05) is 18.4 Å². The van der Waals surface area contributed by atoms with E-state index in [4.69, 9.17) is 4.74 Å². The fourth-order valence-corrected chi connectivity index (χ4v) is 2.63. The molecule has 0 saturated carbocycles. The lowest BCUT2D eigenvalue weighted by atomic mass is 10.1. The highest BCUT2D eigenvalue weighted by Crippen LogP contribution is 2.17. The first-order valence-electron chi connectivity index (χ1n) is 8.44. The van der Waals surface area contributed by atoms with Crippen LogP contribution in [0.15, 0.2) is 12.3 Å². The number of carbonyl (C=O) groups excluding carboxylic acids is 1. The highest BCUT2D eigenvalue weighted by Gasteiger charge is 2.27. The molecule has 1 atom stereocenters. The second-order valence-corrected chi connectivity index (χ2v) is 7.03. The third-order valence-electron chi connectivity index (χ3n) is 3.63. The Morgan fingerprint density at radius 2 is 2.26 bits per heavy atom. The number of anilines is 1. The minimum Gasteiger partial charge on any atom is -0.444 e. The molecule has 0 aromatic carbocycles. The first-order chi connectivity index (χ1) is 10.9. The summed E-state index contributed by atoms with van der Waals surface area (Å²) < 4.78 is 5.45. The van der Waals surface area contributed by atoms with Crippen LogP contribution in [0.5, 0.6) is 0 Å². The van der Waals surface area contributed by atoms with Crippen LogP contribution in [0.25, 0.3) is 0 Å². The minimum atomic E-state index is -0.463. The Morgan fingerprint density at radius 1 is 1.48 bits per heavy atom. The molecular weight excluding hydrogens is 292 g/mol. The lowest BCUT2D eigenvalue weighted by molar-refractivity contribution is 0.0206. The highest BCUT2D eigenvalue weighted by molar-refractivity contribution is 5.68. The van der Waals surface area contributed by atoms with Gasteiger partial charge in [-0.25, -0.2) is 14.8 Å². The zero-order valence-corrected chi connectivity index (χ0v) is 14.6. The molecular formula is C17H28N4O2. The molecule has 6 nitrogen and oxygen atoms in total. The van der Waals surface area contributed by atoms with Gasteiger partial charge in [-0.2, -0.15) is 0 Å². The molecule has 0 bridgehead atoms. The van der Waals surface area contributed by atoms with E-state index in [1.54, 1.807) is 11.1 Å². The van der Waals surface area contributed by atoms with Gasteiger partial charge < -0.3 is 15.0 Å². The summed E-state index contributed by atoms with van der Waals surface area (Å²) in [5.41, 5.74) is 0.583. The third-order valence-corrected chi connectivity index (χ3v) is 3.63. The van der Waals surface area contributed by atoms with E-state index in [2.05, 4.69) is 22.2 Å². The fourth-order valence-electron chi connectivity index (χ4n) is 2.63. The Kier molecular flexibility index (Phi) is 5.80. The minimum absolute atomic E-state index is 0.160. The Balaban J connectivity index is 1.93. The van der Waals surface area contributed by atoms with E-state index in [-0.39, 0.29) is 12.1 Å². The molecule has 23 heavy (non-hydrogen) atoms. The van der Waals surface area contributed by atoms with Crippen LogP contribution in [0.4, 0.5) is 10.7 Å². The number of carbonyl (C=O) groups is 1. The number of amides is 1. The summed E-state index contributed by atoms with van der Waals surface area (Å²) in [7, 11) is 0. The van der Waals surface area contributed by atoms with Gasteiger partial charge in [0.1, 0.15) is 5.60 Å². The molecule has 1 fully saturated rings. The lowest BCUT2D eigenvalue weighted by Crippen LogP contribution is -2.47. The number of rotatable bonds is 4. The monoisotopic (exact) mass is 320 g/mol. The summed E-state index contributed by atoms with van der Waals surface area (Å²) in [4.78, 5) is 22.8. The molecule has 1 unspecified atom stereocenters. The van der Waals surface area contributed by atoms with Crippen LogP contribution < -0.4 is 5.32 Å². The fraction of sp³-hybridized carbons (Fsp3) is 0.706. The van der Waals surface area contributed by atoms with Crippen molar-refractivity contribution in [2.45, 2.75) is 65.0 Å². The SMILES string of the molecule is CCCc1ccnc(NC2CCCN(C(=O)OC(C)(C)C)C2)n1. The molecule has 1 aromatic rings. The van der Waals surface area contributed by atoms with E-state index in [1.165, 1.54) is 0 Å².